The summed E-state index contributed by atoms with van der Waals surface area (Å²) in [6, 6.07) is 5.95. The molecule has 1 unspecified atom stereocenters. The number of nitrogens with two attached hydrogens (primary N) is 1. The molecule has 0 aromatic heterocycles. The summed E-state index contributed by atoms with van der Waals surface area (Å²) in [5.41, 5.74) is 3.10. The van der Waals surface area contributed by atoms with Crippen molar-refractivity contribution in [2.45, 2.75) is 24.8 Å². The molecule has 0 aliphatic carbocycles. The monoisotopic (exact) mass is 287 g/mol. The van der Waals surface area contributed by atoms with Crippen molar-refractivity contribution < 1.29 is 13.2 Å². The average molecular weight is 287 g/mol. The number of benzene rings is 1. The van der Waals surface area contributed by atoms with E-state index in [1.165, 1.54) is 12.1 Å². The van der Waals surface area contributed by atoms with Gasteiger partial charge in [0.1, 0.15) is 0 Å². The van der Waals surface area contributed by atoms with Crippen LogP contribution in [0.5, 0.6) is 0 Å². The van der Waals surface area contributed by atoms with Crippen molar-refractivity contribution in [1.82, 2.24) is 4.72 Å². The lowest BCUT2D eigenvalue weighted by molar-refractivity contribution is 0.157. The number of rotatable bonds is 7. The second-order valence-corrected chi connectivity index (χ2v) is 6.31. The number of ether oxygens (including phenoxy) is 1. The van der Waals surface area contributed by atoms with Gasteiger partial charge in [-0.2, -0.15) is 0 Å². The van der Waals surface area contributed by atoms with E-state index in [0.717, 1.165) is 0 Å². The zero-order valence-electron chi connectivity index (χ0n) is 11.4. The highest BCUT2D eigenvalue weighted by Crippen LogP contribution is 2.15. The Morgan fingerprint density at radius 3 is 2.26 bits per heavy atom. The molecule has 4 N–H and O–H groups in total. The quantitative estimate of drug-likeness (QED) is 0.512. The Balaban J connectivity index is 2.89. The van der Waals surface area contributed by atoms with Gasteiger partial charge in [-0.05, 0) is 30.2 Å². The van der Waals surface area contributed by atoms with Crippen LogP contribution in [0.25, 0.3) is 0 Å². The lowest BCUT2D eigenvalue weighted by Gasteiger charge is -2.21. The van der Waals surface area contributed by atoms with Crippen molar-refractivity contribution in [3.63, 3.8) is 0 Å². The van der Waals surface area contributed by atoms with Crippen LogP contribution in [0, 0.1) is 5.92 Å². The first-order valence-electron chi connectivity index (χ1n) is 5.98. The minimum atomic E-state index is -3.55. The molecule has 0 aliphatic heterocycles. The number of nitrogens with one attached hydrogen (secondary N) is 2. The first-order valence-corrected chi connectivity index (χ1v) is 7.47. The van der Waals surface area contributed by atoms with Crippen LogP contribution in [0.1, 0.15) is 13.8 Å². The summed E-state index contributed by atoms with van der Waals surface area (Å²) in [5.74, 6) is 5.38. The van der Waals surface area contributed by atoms with E-state index in [4.69, 9.17) is 10.6 Å². The molecule has 1 aromatic carbocycles. The van der Waals surface area contributed by atoms with E-state index in [9.17, 15) is 8.42 Å². The molecule has 108 valence electrons. The maximum absolute atomic E-state index is 12.2. The maximum atomic E-state index is 12.2. The van der Waals surface area contributed by atoms with Gasteiger partial charge in [-0.3, -0.25) is 5.84 Å². The highest BCUT2D eigenvalue weighted by Gasteiger charge is 2.22. The molecule has 19 heavy (non-hydrogen) atoms. The Bertz CT molecular complexity index is 485. The van der Waals surface area contributed by atoms with Crippen molar-refractivity contribution in [3.8, 4) is 0 Å². The van der Waals surface area contributed by atoms with Gasteiger partial charge < -0.3 is 10.2 Å². The van der Waals surface area contributed by atoms with Crippen LogP contribution < -0.4 is 16.0 Å². The normalized spacial score (nSPS) is 13.5. The van der Waals surface area contributed by atoms with Crippen LogP contribution in [0.15, 0.2) is 29.2 Å². The predicted molar refractivity (Wildman–Crippen MR) is 75.1 cm³/mol. The van der Waals surface area contributed by atoms with Gasteiger partial charge in [0.05, 0.1) is 11.5 Å². The Kier molecular flexibility index (Phi) is 5.74. The van der Waals surface area contributed by atoms with Gasteiger partial charge >= 0.3 is 0 Å². The minimum absolute atomic E-state index is 0.139. The predicted octanol–water partition coefficient (Wildman–Crippen LogP) is 0.921. The highest BCUT2D eigenvalue weighted by molar-refractivity contribution is 7.89. The van der Waals surface area contributed by atoms with Crippen LogP contribution in [0.4, 0.5) is 5.69 Å². The van der Waals surface area contributed by atoms with E-state index in [-0.39, 0.29) is 16.9 Å². The van der Waals surface area contributed by atoms with E-state index >= 15 is 0 Å². The topological polar surface area (TPSA) is 93.4 Å². The first kappa shape index (κ1) is 15.9. The van der Waals surface area contributed by atoms with Gasteiger partial charge in [-0.25, -0.2) is 13.1 Å². The molecule has 1 atom stereocenters. The van der Waals surface area contributed by atoms with Gasteiger partial charge in [0.25, 0.3) is 0 Å². The fourth-order valence-electron chi connectivity index (χ4n) is 1.54. The van der Waals surface area contributed by atoms with Gasteiger partial charge in [0.2, 0.25) is 10.0 Å². The average Bonchev–Trinajstić information content (AvgIpc) is 2.38. The highest BCUT2D eigenvalue weighted by atomic mass is 32.2. The maximum Gasteiger partial charge on any atom is 0.240 e. The van der Waals surface area contributed by atoms with E-state index in [1.54, 1.807) is 19.2 Å². The SMILES string of the molecule is COCC(NS(=O)(=O)c1ccc(NN)cc1)C(C)C. The lowest BCUT2D eigenvalue weighted by atomic mass is 10.1. The van der Waals surface area contributed by atoms with Crippen LogP contribution in [-0.4, -0.2) is 28.2 Å². The van der Waals surface area contributed by atoms with Crippen molar-refractivity contribution in [3.05, 3.63) is 24.3 Å². The third-order valence-electron chi connectivity index (χ3n) is 2.79. The minimum Gasteiger partial charge on any atom is -0.383 e. The number of hydrogen-bond donors (Lipinski definition) is 3. The summed E-state index contributed by atoms with van der Waals surface area (Å²) in [4.78, 5) is 0.202. The van der Waals surface area contributed by atoms with Gasteiger partial charge in [-0.15, -0.1) is 0 Å². The smallest absolute Gasteiger partial charge is 0.240 e. The zero-order chi connectivity index (χ0) is 14.5. The summed E-state index contributed by atoms with van der Waals surface area (Å²) < 4.78 is 32.1. The molecule has 1 aromatic rings. The molecule has 0 amide bonds. The molecule has 1 rings (SSSR count). The fourth-order valence-corrected chi connectivity index (χ4v) is 2.91. The second-order valence-electron chi connectivity index (χ2n) is 4.60. The van der Waals surface area contributed by atoms with Gasteiger partial charge in [0.15, 0.2) is 0 Å². The summed E-state index contributed by atoms with van der Waals surface area (Å²) >= 11 is 0. The fraction of sp³-hybridized carbons (Fsp3) is 0.500. The Morgan fingerprint density at radius 2 is 1.84 bits per heavy atom. The lowest BCUT2D eigenvalue weighted by Crippen LogP contribution is -2.41. The van der Waals surface area contributed by atoms with Crippen molar-refractivity contribution in [1.29, 1.82) is 0 Å². The van der Waals surface area contributed by atoms with Crippen LogP contribution >= 0.6 is 0 Å². The molecule has 0 saturated carbocycles. The van der Waals surface area contributed by atoms with Crippen LogP contribution in [-0.2, 0) is 14.8 Å². The van der Waals surface area contributed by atoms with E-state index < -0.39 is 10.0 Å². The molecule has 0 saturated heterocycles. The van der Waals surface area contributed by atoms with Crippen molar-refractivity contribution in [2.75, 3.05) is 19.1 Å². The molecule has 0 fully saturated rings. The summed E-state index contributed by atoms with van der Waals surface area (Å²) in [6.45, 7) is 4.21. The van der Waals surface area contributed by atoms with E-state index in [0.29, 0.717) is 12.3 Å². The Hall–Kier alpha value is -1.15. The summed E-state index contributed by atoms with van der Waals surface area (Å²) in [5, 5.41) is 0. The molecular formula is C12H21N3O3S. The van der Waals surface area contributed by atoms with Crippen molar-refractivity contribution in [2.24, 2.45) is 11.8 Å². The van der Waals surface area contributed by atoms with Gasteiger partial charge in [0, 0.05) is 18.8 Å². The van der Waals surface area contributed by atoms with E-state index in [2.05, 4.69) is 10.1 Å². The molecule has 7 heteroatoms. The summed E-state index contributed by atoms with van der Waals surface area (Å²) in [6.07, 6.45) is 0. The Morgan fingerprint density at radius 1 is 1.26 bits per heavy atom. The summed E-state index contributed by atoms with van der Waals surface area (Å²) in [7, 11) is -2.00. The third kappa shape index (κ3) is 4.46. The molecular weight excluding hydrogens is 266 g/mol. The Labute approximate surface area is 114 Å². The molecule has 0 heterocycles. The molecule has 0 bridgehead atoms. The van der Waals surface area contributed by atoms with Crippen LogP contribution in [0.3, 0.4) is 0 Å². The first-order chi connectivity index (χ1) is 8.90. The zero-order valence-corrected chi connectivity index (χ0v) is 12.2. The van der Waals surface area contributed by atoms with Crippen molar-refractivity contribution >= 4 is 15.7 Å². The number of methoxy groups -OCH3 is 1. The molecule has 0 spiro atoms. The third-order valence-corrected chi connectivity index (χ3v) is 4.29. The second kappa shape index (κ2) is 6.85. The number of hydrazine groups is 1. The number of sulfonamides is 1. The molecule has 6 nitrogen and oxygen atoms in total. The van der Waals surface area contributed by atoms with Crippen LogP contribution in [0.2, 0.25) is 0 Å². The number of anilines is 1. The molecule has 0 radical (unpaired) electrons. The molecule has 0 aliphatic rings. The van der Waals surface area contributed by atoms with Gasteiger partial charge in [-0.1, -0.05) is 13.8 Å². The standard InChI is InChI=1S/C12H21N3O3S/c1-9(2)12(8-18-3)15-19(16,17)11-6-4-10(14-13)5-7-11/h4-7,9,12,14-15H,8,13H2,1-3H3. The van der Waals surface area contributed by atoms with E-state index in [1.807, 2.05) is 13.8 Å². The largest absolute Gasteiger partial charge is 0.383 e. The number of nitrogen functional groups attached to an aromatic ring is 1. The number of hydrogen-bond acceptors (Lipinski definition) is 5.